The predicted octanol–water partition coefficient (Wildman–Crippen LogP) is 4.89. The van der Waals surface area contributed by atoms with Crippen molar-refractivity contribution in [2.24, 2.45) is 0 Å². The Morgan fingerprint density at radius 2 is 1.44 bits per heavy atom. The first-order chi connectivity index (χ1) is 18.5. The van der Waals surface area contributed by atoms with Crippen LogP contribution in [-0.2, 0) is 26.3 Å². The Morgan fingerprint density at radius 1 is 0.795 bits per heavy atom. The minimum Gasteiger partial charge on any atom is -0.457 e. The number of benzene rings is 4. The SMILES string of the molecule is CNC(=O)c1cc(NS(=O)(=O)CCc2ccc(S(C)(=O)=O)cc2)ccc1-c1ccc(Oc2ccccc2)cc1. The van der Waals surface area contributed by atoms with Crippen LogP contribution < -0.4 is 14.8 Å². The molecule has 1 amide bonds. The molecule has 0 aliphatic carbocycles. The number of anilines is 1. The van der Waals surface area contributed by atoms with Crippen LogP contribution in [0.4, 0.5) is 5.69 Å². The first-order valence-corrected chi connectivity index (χ1v) is 15.6. The number of rotatable bonds is 10. The van der Waals surface area contributed by atoms with E-state index in [0.717, 1.165) is 11.8 Å². The molecule has 4 aromatic rings. The smallest absolute Gasteiger partial charge is 0.251 e. The third kappa shape index (κ3) is 7.46. The fraction of sp³-hybridized carbons (Fsp3) is 0.138. The van der Waals surface area contributed by atoms with Gasteiger partial charge < -0.3 is 10.1 Å². The van der Waals surface area contributed by atoms with E-state index < -0.39 is 19.9 Å². The van der Waals surface area contributed by atoms with Crippen LogP contribution in [-0.4, -0.2) is 41.8 Å². The van der Waals surface area contributed by atoms with Gasteiger partial charge in [-0.15, -0.1) is 0 Å². The molecule has 0 saturated heterocycles. The lowest BCUT2D eigenvalue weighted by molar-refractivity contribution is 0.0963. The summed E-state index contributed by atoms with van der Waals surface area (Å²) in [6.07, 6.45) is 1.31. The maximum Gasteiger partial charge on any atom is 0.251 e. The van der Waals surface area contributed by atoms with Crippen LogP contribution in [0.2, 0.25) is 0 Å². The van der Waals surface area contributed by atoms with E-state index in [1.807, 2.05) is 42.5 Å². The number of nitrogens with one attached hydrogen (secondary N) is 2. The van der Waals surface area contributed by atoms with Crippen molar-refractivity contribution in [1.82, 2.24) is 5.32 Å². The second-order valence-electron chi connectivity index (χ2n) is 8.87. The molecular weight excluding hydrogens is 536 g/mol. The lowest BCUT2D eigenvalue weighted by Gasteiger charge is -2.14. The molecule has 4 aromatic carbocycles. The van der Waals surface area contributed by atoms with Crippen molar-refractivity contribution in [3.63, 3.8) is 0 Å². The molecule has 0 fully saturated rings. The van der Waals surface area contributed by atoms with Crippen LogP contribution in [0.25, 0.3) is 11.1 Å². The van der Waals surface area contributed by atoms with E-state index in [2.05, 4.69) is 10.0 Å². The van der Waals surface area contributed by atoms with Gasteiger partial charge in [0.25, 0.3) is 5.91 Å². The highest BCUT2D eigenvalue weighted by Crippen LogP contribution is 2.30. The highest BCUT2D eigenvalue weighted by Gasteiger charge is 2.17. The predicted molar refractivity (Wildman–Crippen MR) is 152 cm³/mol. The normalized spacial score (nSPS) is 11.5. The second-order valence-corrected chi connectivity index (χ2v) is 12.7. The lowest BCUT2D eigenvalue weighted by atomic mass is 9.98. The monoisotopic (exact) mass is 564 g/mol. The Kier molecular flexibility index (Phi) is 8.37. The molecule has 0 aromatic heterocycles. The molecule has 0 radical (unpaired) electrons. The van der Waals surface area contributed by atoms with Gasteiger partial charge in [-0.05, 0) is 71.6 Å². The first-order valence-electron chi connectivity index (χ1n) is 12.0. The van der Waals surface area contributed by atoms with Gasteiger partial charge in [0.1, 0.15) is 11.5 Å². The van der Waals surface area contributed by atoms with Gasteiger partial charge in [-0.2, -0.15) is 0 Å². The molecule has 0 aliphatic rings. The van der Waals surface area contributed by atoms with E-state index in [1.54, 1.807) is 36.4 Å². The molecule has 39 heavy (non-hydrogen) atoms. The zero-order valence-electron chi connectivity index (χ0n) is 21.4. The number of amides is 1. The van der Waals surface area contributed by atoms with Crippen molar-refractivity contribution in [3.05, 3.63) is 108 Å². The average molecular weight is 565 g/mol. The first kappa shape index (κ1) is 27.9. The summed E-state index contributed by atoms with van der Waals surface area (Å²) < 4.78 is 57.1. The number of sulfonamides is 1. The van der Waals surface area contributed by atoms with Gasteiger partial charge in [0.15, 0.2) is 9.84 Å². The summed E-state index contributed by atoms with van der Waals surface area (Å²) in [5, 5.41) is 2.60. The topological polar surface area (TPSA) is 119 Å². The minimum atomic E-state index is -3.75. The highest BCUT2D eigenvalue weighted by atomic mass is 32.2. The Morgan fingerprint density at radius 3 is 2.05 bits per heavy atom. The van der Waals surface area contributed by atoms with Gasteiger partial charge in [0.05, 0.1) is 10.6 Å². The van der Waals surface area contributed by atoms with Crippen molar-refractivity contribution >= 4 is 31.5 Å². The van der Waals surface area contributed by atoms with Crippen molar-refractivity contribution in [2.45, 2.75) is 11.3 Å². The zero-order valence-corrected chi connectivity index (χ0v) is 23.1. The summed E-state index contributed by atoms with van der Waals surface area (Å²) in [5.41, 5.74) is 2.66. The van der Waals surface area contributed by atoms with Gasteiger partial charge in [-0.1, -0.05) is 48.5 Å². The molecule has 0 heterocycles. The summed E-state index contributed by atoms with van der Waals surface area (Å²) in [4.78, 5) is 12.9. The van der Waals surface area contributed by atoms with Gasteiger partial charge >= 0.3 is 0 Å². The van der Waals surface area contributed by atoms with E-state index >= 15 is 0 Å². The summed E-state index contributed by atoms with van der Waals surface area (Å²) in [7, 11) is -5.57. The Hall–Kier alpha value is -4.15. The van der Waals surface area contributed by atoms with Crippen LogP contribution in [0.1, 0.15) is 15.9 Å². The van der Waals surface area contributed by atoms with Crippen LogP contribution in [0.3, 0.4) is 0 Å². The highest BCUT2D eigenvalue weighted by molar-refractivity contribution is 7.92. The summed E-state index contributed by atoms with van der Waals surface area (Å²) >= 11 is 0. The fourth-order valence-corrected chi connectivity index (χ4v) is 5.62. The van der Waals surface area contributed by atoms with Crippen molar-refractivity contribution in [2.75, 3.05) is 23.8 Å². The maximum absolute atomic E-state index is 12.8. The number of carbonyl (C=O) groups excluding carboxylic acids is 1. The maximum atomic E-state index is 12.8. The van der Waals surface area contributed by atoms with Gasteiger partial charge in [-0.3, -0.25) is 9.52 Å². The third-order valence-corrected chi connectivity index (χ3v) is 8.34. The van der Waals surface area contributed by atoms with Gasteiger partial charge in [-0.25, -0.2) is 16.8 Å². The largest absolute Gasteiger partial charge is 0.457 e. The number of ether oxygens (including phenoxy) is 1. The molecule has 0 atom stereocenters. The summed E-state index contributed by atoms with van der Waals surface area (Å²) in [6.45, 7) is 0. The lowest BCUT2D eigenvalue weighted by Crippen LogP contribution is -2.21. The molecule has 8 nitrogen and oxygen atoms in total. The number of aryl methyl sites for hydroxylation is 1. The standard InChI is InChI=1S/C29H28N2O6S2/c1-30-29(32)28-20-23(31-39(35,36)19-18-21-8-15-26(16-9-21)38(2,33)34)12-17-27(28)22-10-13-25(14-11-22)37-24-6-4-3-5-7-24/h3-17,20,31H,18-19H2,1-2H3,(H,30,32). The number of hydrogen-bond donors (Lipinski definition) is 2. The van der Waals surface area contributed by atoms with E-state index in [0.29, 0.717) is 28.2 Å². The second kappa shape index (κ2) is 11.7. The number of sulfone groups is 1. The Balaban J connectivity index is 1.49. The molecule has 0 bridgehead atoms. The molecule has 0 spiro atoms. The minimum absolute atomic E-state index is 0.174. The van der Waals surface area contributed by atoms with Crippen LogP contribution in [0.15, 0.2) is 102 Å². The quantitative estimate of drug-likeness (QED) is 0.283. The van der Waals surface area contributed by atoms with Gasteiger partial charge in [0, 0.05) is 24.6 Å². The van der Waals surface area contributed by atoms with Gasteiger partial charge in [0.2, 0.25) is 10.0 Å². The van der Waals surface area contributed by atoms with Crippen LogP contribution in [0, 0.1) is 0 Å². The van der Waals surface area contributed by atoms with Crippen molar-refractivity contribution in [3.8, 4) is 22.6 Å². The molecular formula is C29H28N2O6S2. The molecule has 202 valence electrons. The summed E-state index contributed by atoms with van der Waals surface area (Å²) in [6, 6.07) is 27.6. The zero-order chi connectivity index (χ0) is 28.0. The van der Waals surface area contributed by atoms with E-state index in [1.165, 1.54) is 25.2 Å². The molecule has 10 heteroatoms. The van der Waals surface area contributed by atoms with Crippen molar-refractivity contribution < 1.29 is 26.4 Å². The Bertz CT molecular complexity index is 1670. The molecule has 0 aliphatic heterocycles. The van der Waals surface area contributed by atoms with E-state index in [9.17, 15) is 21.6 Å². The fourth-order valence-electron chi connectivity index (χ4n) is 3.90. The van der Waals surface area contributed by atoms with Crippen LogP contribution >= 0.6 is 0 Å². The van der Waals surface area contributed by atoms with E-state index in [-0.39, 0.29) is 28.7 Å². The van der Waals surface area contributed by atoms with Crippen molar-refractivity contribution in [1.29, 1.82) is 0 Å². The molecule has 0 saturated carbocycles. The summed E-state index contributed by atoms with van der Waals surface area (Å²) in [5.74, 6) is 0.771. The third-order valence-electron chi connectivity index (χ3n) is 5.92. The number of hydrogen-bond acceptors (Lipinski definition) is 6. The molecule has 2 N–H and O–H groups in total. The molecule has 4 rings (SSSR count). The average Bonchev–Trinajstić information content (AvgIpc) is 2.92. The van der Waals surface area contributed by atoms with E-state index in [4.69, 9.17) is 4.74 Å². The molecule has 0 unspecified atom stereocenters. The number of para-hydroxylation sites is 1. The van der Waals surface area contributed by atoms with Crippen LogP contribution in [0.5, 0.6) is 11.5 Å². The number of carbonyl (C=O) groups is 1. The Labute approximate surface area is 228 Å².